The van der Waals surface area contributed by atoms with Gasteiger partial charge in [-0.05, 0) is 31.0 Å². The highest BCUT2D eigenvalue weighted by molar-refractivity contribution is 5.35. The summed E-state index contributed by atoms with van der Waals surface area (Å²) in [5.74, 6) is 0. The lowest BCUT2D eigenvalue weighted by Crippen LogP contribution is -2.31. The van der Waals surface area contributed by atoms with Crippen LogP contribution in [0.4, 0.5) is 4.39 Å². The second kappa shape index (κ2) is 3.46. The van der Waals surface area contributed by atoms with E-state index in [9.17, 15) is 4.39 Å². The number of alkyl halides is 1. The lowest BCUT2D eigenvalue weighted by molar-refractivity contribution is 0.371. The maximum absolute atomic E-state index is 12.6. The van der Waals surface area contributed by atoms with Crippen molar-refractivity contribution in [2.45, 2.75) is 19.4 Å². The molecule has 0 fully saturated rings. The third-order valence-corrected chi connectivity index (χ3v) is 2.61. The molecule has 1 N–H and O–H groups in total. The van der Waals surface area contributed by atoms with Crippen LogP contribution in [-0.4, -0.2) is 13.2 Å². The molecule has 0 saturated carbocycles. The number of aryl methyl sites for hydroxylation is 1. The number of fused-ring (bicyclic) bond motifs is 1. The molecule has 1 nitrogen and oxygen atoms in total. The molecular formula is C11H14FN. The van der Waals surface area contributed by atoms with Gasteiger partial charge in [0.25, 0.3) is 0 Å². The lowest BCUT2D eigenvalue weighted by Gasteiger charge is -2.24. The predicted molar refractivity (Wildman–Crippen MR) is 51.6 cm³/mol. The van der Waals surface area contributed by atoms with Gasteiger partial charge in [0.2, 0.25) is 0 Å². The summed E-state index contributed by atoms with van der Waals surface area (Å²) in [6.45, 7) is 2.66. The second-order valence-electron chi connectivity index (χ2n) is 3.61. The molecule has 1 aliphatic heterocycles. The molecule has 1 aromatic carbocycles. The largest absolute Gasteiger partial charge is 0.307 e. The number of hydrogen-bond acceptors (Lipinski definition) is 1. The van der Waals surface area contributed by atoms with Crippen LogP contribution in [0.25, 0.3) is 0 Å². The van der Waals surface area contributed by atoms with Crippen molar-refractivity contribution < 1.29 is 4.39 Å². The Hall–Kier alpha value is -0.890. The van der Waals surface area contributed by atoms with E-state index >= 15 is 0 Å². The van der Waals surface area contributed by atoms with Crippen molar-refractivity contribution in [3.05, 3.63) is 34.9 Å². The highest BCUT2D eigenvalue weighted by atomic mass is 19.1. The van der Waals surface area contributed by atoms with E-state index in [1.165, 1.54) is 11.1 Å². The molecule has 0 bridgehead atoms. The Morgan fingerprint density at radius 1 is 1.54 bits per heavy atom. The summed E-state index contributed by atoms with van der Waals surface area (Å²) < 4.78 is 12.6. The fourth-order valence-electron chi connectivity index (χ4n) is 1.92. The molecule has 1 aromatic rings. The van der Waals surface area contributed by atoms with Crippen molar-refractivity contribution in [3.8, 4) is 0 Å². The summed E-state index contributed by atoms with van der Waals surface area (Å²) in [6.07, 6.45) is 1.02. The first kappa shape index (κ1) is 8.70. The summed E-state index contributed by atoms with van der Waals surface area (Å²) in [5, 5.41) is 3.17. The van der Waals surface area contributed by atoms with Crippen LogP contribution in [0.3, 0.4) is 0 Å². The van der Waals surface area contributed by atoms with E-state index in [0.717, 1.165) is 18.5 Å². The number of nitrogens with one attached hydrogen (secondary N) is 1. The lowest BCUT2D eigenvalue weighted by atomic mass is 9.93. The Kier molecular flexibility index (Phi) is 2.32. The Morgan fingerprint density at radius 3 is 3.15 bits per heavy atom. The molecule has 1 unspecified atom stereocenters. The first-order chi connectivity index (χ1) is 6.31. The van der Waals surface area contributed by atoms with Gasteiger partial charge in [0.05, 0.1) is 6.04 Å². The van der Waals surface area contributed by atoms with Crippen LogP contribution in [0, 0.1) is 6.92 Å². The van der Waals surface area contributed by atoms with E-state index < -0.39 is 0 Å². The van der Waals surface area contributed by atoms with Gasteiger partial charge in [-0.2, -0.15) is 0 Å². The van der Waals surface area contributed by atoms with Gasteiger partial charge in [-0.15, -0.1) is 0 Å². The van der Waals surface area contributed by atoms with E-state index in [-0.39, 0.29) is 12.7 Å². The minimum absolute atomic E-state index is 0.0793. The molecule has 70 valence electrons. The molecule has 0 radical (unpaired) electrons. The topological polar surface area (TPSA) is 12.0 Å². The van der Waals surface area contributed by atoms with Crippen LogP contribution >= 0.6 is 0 Å². The van der Waals surface area contributed by atoms with Crippen molar-refractivity contribution in [2.75, 3.05) is 13.2 Å². The number of halogens is 1. The van der Waals surface area contributed by atoms with Crippen LogP contribution in [-0.2, 0) is 6.42 Å². The van der Waals surface area contributed by atoms with E-state index in [4.69, 9.17) is 0 Å². The number of benzene rings is 1. The van der Waals surface area contributed by atoms with Crippen LogP contribution < -0.4 is 5.32 Å². The molecule has 1 atom stereocenters. The van der Waals surface area contributed by atoms with Gasteiger partial charge >= 0.3 is 0 Å². The summed E-state index contributed by atoms with van der Waals surface area (Å²) in [5.41, 5.74) is 3.71. The maximum Gasteiger partial charge on any atom is 0.109 e. The van der Waals surface area contributed by atoms with E-state index in [0.29, 0.717) is 0 Å². The minimum atomic E-state index is -0.309. The van der Waals surface area contributed by atoms with Crippen molar-refractivity contribution in [1.82, 2.24) is 5.32 Å². The van der Waals surface area contributed by atoms with Crippen LogP contribution in [0.2, 0.25) is 0 Å². The zero-order valence-corrected chi connectivity index (χ0v) is 7.81. The fraction of sp³-hybridized carbons (Fsp3) is 0.455. The SMILES string of the molecule is Cc1ccc2c(c1)CCNC2CF. The molecule has 2 rings (SSSR count). The Labute approximate surface area is 78.0 Å². The van der Waals surface area contributed by atoms with Gasteiger partial charge in [-0.3, -0.25) is 0 Å². The third kappa shape index (κ3) is 1.59. The van der Waals surface area contributed by atoms with E-state index in [1.54, 1.807) is 0 Å². The van der Waals surface area contributed by atoms with Crippen LogP contribution in [0.1, 0.15) is 22.7 Å². The molecule has 2 heteroatoms. The molecule has 0 aliphatic carbocycles. The molecule has 0 aromatic heterocycles. The van der Waals surface area contributed by atoms with Crippen molar-refractivity contribution in [3.63, 3.8) is 0 Å². The van der Waals surface area contributed by atoms with E-state index in [1.807, 2.05) is 6.07 Å². The average molecular weight is 179 g/mol. The minimum Gasteiger partial charge on any atom is -0.307 e. The van der Waals surface area contributed by atoms with Crippen molar-refractivity contribution in [1.29, 1.82) is 0 Å². The molecule has 1 aliphatic rings. The summed E-state index contributed by atoms with van der Waals surface area (Å²) >= 11 is 0. The highest BCUT2D eigenvalue weighted by Crippen LogP contribution is 2.23. The van der Waals surface area contributed by atoms with Gasteiger partial charge in [0.1, 0.15) is 6.67 Å². The monoisotopic (exact) mass is 179 g/mol. The molecule has 0 saturated heterocycles. The zero-order chi connectivity index (χ0) is 9.26. The van der Waals surface area contributed by atoms with Gasteiger partial charge < -0.3 is 5.32 Å². The Balaban J connectivity index is 2.40. The van der Waals surface area contributed by atoms with Crippen molar-refractivity contribution >= 4 is 0 Å². The maximum atomic E-state index is 12.6. The standard InChI is InChI=1S/C11H14FN/c1-8-2-3-10-9(6-8)4-5-13-11(10)7-12/h2-3,6,11,13H,4-5,7H2,1H3. The van der Waals surface area contributed by atoms with Gasteiger partial charge in [-0.25, -0.2) is 4.39 Å². The molecule has 0 spiro atoms. The smallest absolute Gasteiger partial charge is 0.109 e. The molecule has 0 amide bonds. The van der Waals surface area contributed by atoms with Gasteiger partial charge in [-0.1, -0.05) is 23.8 Å². The molecule has 13 heavy (non-hydrogen) atoms. The van der Waals surface area contributed by atoms with Crippen LogP contribution in [0.15, 0.2) is 18.2 Å². The summed E-state index contributed by atoms with van der Waals surface area (Å²) in [6, 6.07) is 6.18. The summed E-state index contributed by atoms with van der Waals surface area (Å²) in [7, 11) is 0. The molecule has 1 heterocycles. The third-order valence-electron chi connectivity index (χ3n) is 2.61. The Bertz CT molecular complexity index is 309. The normalized spacial score (nSPS) is 21.2. The Morgan fingerprint density at radius 2 is 2.38 bits per heavy atom. The predicted octanol–water partition coefficient (Wildman–Crippen LogP) is 2.15. The van der Waals surface area contributed by atoms with Gasteiger partial charge in [0.15, 0.2) is 0 Å². The van der Waals surface area contributed by atoms with Crippen molar-refractivity contribution in [2.24, 2.45) is 0 Å². The summed E-state index contributed by atoms with van der Waals surface area (Å²) in [4.78, 5) is 0. The molecular weight excluding hydrogens is 165 g/mol. The highest BCUT2D eigenvalue weighted by Gasteiger charge is 2.18. The quantitative estimate of drug-likeness (QED) is 0.696. The second-order valence-corrected chi connectivity index (χ2v) is 3.61. The average Bonchev–Trinajstić information content (AvgIpc) is 2.16. The van der Waals surface area contributed by atoms with Gasteiger partial charge in [0, 0.05) is 0 Å². The van der Waals surface area contributed by atoms with E-state index in [2.05, 4.69) is 24.4 Å². The fourth-order valence-corrected chi connectivity index (χ4v) is 1.92. The number of rotatable bonds is 1. The zero-order valence-electron chi connectivity index (χ0n) is 7.81. The first-order valence-electron chi connectivity index (χ1n) is 4.70. The van der Waals surface area contributed by atoms with Crippen LogP contribution in [0.5, 0.6) is 0 Å². The first-order valence-corrected chi connectivity index (χ1v) is 4.70. The number of hydrogen-bond donors (Lipinski definition) is 1.